The normalized spacial score (nSPS) is 10.0. The number of rotatable bonds is 4. The molecule has 0 aliphatic carbocycles. The molecule has 0 atom stereocenters. The summed E-state index contributed by atoms with van der Waals surface area (Å²) in [4.78, 5) is 28.9. The lowest BCUT2D eigenvalue weighted by Crippen LogP contribution is -2.16. The quantitative estimate of drug-likeness (QED) is 0.899. The molecule has 108 valence electrons. The van der Waals surface area contributed by atoms with Gasteiger partial charge in [0, 0.05) is 31.5 Å². The van der Waals surface area contributed by atoms with Crippen molar-refractivity contribution >= 4 is 23.3 Å². The average Bonchev–Trinajstić information content (AvgIpc) is 2.47. The highest BCUT2D eigenvalue weighted by atomic mass is 16.4. The molecule has 1 amide bonds. The number of carboxylic acid groups (broad SMARTS) is 1. The number of carbonyl (C=O) groups excluding carboxylic acids is 1. The van der Waals surface area contributed by atoms with Gasteiger partial charge in [0.15, 0.2) is 5.69 Å². The lowest BCUT2D eigenvalue weighted by molar-refractivity contribution is 0.0692. The third kappa shape index (κ3) is 3.36. The first-order valence-electron chi connectivity index (χ1n) is 6.26. The monoisotopic (exact) mass is 285 g/mol. The summed E-state index contributed by atoms with van der Waals surface area (Å²) in [5.41, 5.74) is 1.31. The number of aromatic nitrogens is 1. The lowest BCUT2D eigenvalue weighted by atomic mass is 10.1. The first-order valence-corrected chi connectivity index (χ1v) is 6.26. The van der Waals surface area contributed by atoms with Crippen molar-refractivity contribution in [3.8, 4) is 0 Å². The highest BCUT2D eigenvalue weighted by Crippen LogP contribution is 2.17. The molecule has 0 saturated carbocycles. The molecule has 0 spiro atoms. The van der Waals surface area contributed by atoms with Crippen LogP contribution >= 0.6 is 0 Å². The molecule has 1 aromatic heterocycles. The van der Waals surface area contributed by atoms with Crippen LogP contribution in [0, 0.1) is 0 Å². The van der Waals surface area contributed by atoms with Crippen molar-refractivity contribution in [3.05, 3.63) is 53.9 Å². The minimum atomic E-state index is -1.19. The zero-order valence-corrected chi connectivity index (χ0v) is 11.7. The van der Waals surface area contributed by atoms with Crippen molar-refractivity contribution in [1.29, 1.82) is 0 Å². The zero-order valence-electron chi connectivity index (χ0n) is 11.7. The van der Waals surface area contributed by atoms with E-state index in [-0.39, 0.29) is 17.3 Å². The van der Waals surface area contributed by atoms with Crippen molar-refractivity contribution in [2.24, 2.45) is 0 Å². The molecule has 2 rings (SSSR count). The SMILES string of the molecule is CN(C)c1cccc(C(=O)Nc2cccnc2C(=O)O)c1. The van der Waals surface area contributed by atoms with E-state index >= 15 is 0 Å². The van der Waals surface area contributed by atoms with Crippen LogP contribution in [0.5, 0.6) is 0 Å². The Bertz CT molecular complexity index is 683. The number of hydrogen-bond acceptors (Lipinski definition) is 4. The van der Waals surface area contributed by atoms with Gasteiger partial charge in [0.1, 0.15) is 0 Å². The van der Waals surface area contributed by atoms with E-state index in [4.69, 9.17) is 5.11 Å². The van der Waals surface area contributed by atoms with Gasteiger partial charge in [0.2, 0.25) is 0 Å². The number of hydrogen-bond donors (Lipinski definition) is 2. The molecule has 1 heterocycles. The van der Waals surface area contributed by atoms with Gasteiger partial charge in [-0.3, -0.25) is 4.79 Å². The van der Waals surface area contributed by atoms with Gasteiger partial charge in [-0.25, -0.2) is 9.78 Å². The smallest absolute Gasteiger partial charge is 0.356 e. The number of carboxylic acids is 1. The number of aromatic carboxylic acids is 1. The Hall–Kier alpha value is -2.89. The Morgan fingerprint density at radius 3 is 2.62 bits per heavy atom. The topological polar surface area (TPSA) is 82.5 Å². The summed E-state index contributed by atoms with van der Waals surface area (Å²) < 4.78 is 0. The highest BCUT2D eigenvalue weighted by Gasteiger charge is 2.14. The van der Waals surface area contributed by atoms with E-state index in [1.165, 1.54) is 12.3 Å². The maximum absolute atomic E-state index is 12.2. The van der Waals surface area contributed by atoms with Crippen LogP contribution < -0.4 is 10.2 Å². The van der Waals surface area contributed by atoms with Crippen molar-refractivity contribution in [2.75, 3.05) is 24.3 Å². The summed E-state index contributed by atoms with van der Waals surface area (Å²) in [5.74, 6) is -1.57. The van der Waals surface area contributed by atoms with E-state index in [0.717, 1.165) is 5.69 Å². The molecule has 0 radical (unpaired) electrons. The number of amides is 1. The fourth-order valence-corrected chi connectivity index (χ4v) is 1.80. The van der Waals surface area contributed by atoms with Crippen LogP contribution in [0.25, 0.3) is 0 Å². The highest BCUT2D eigenvalue weighted by molar-refractivity contribution is 6.07. The second-order valence-corrected chi connectivity index (χ2v) is 4.60. The molecule has 2 aromatic rings. The molecule has 6 heteroatoms. The Labute approximate surface area is 122 Å². The van der Waals surface area contributed by atoms with Crippen LogP contribution in [0.3, 0.4) is 0 Å². The molecular formula is C15H15N3O3. The van der Waals surface area contributed by atoms with Gasteiger partial charge < -0.3 is 15.3 Å². The molecule has 0 aliphatic heterocycles. The minimum Gasteiger partial charge on any atom is -0.476 e. The molecule has 0 saturated heterocycles. The molecular weight excluding hydrogens is 270 g/mol. The first kappa shape index (κ1) is 14.5. The van der Waals surface area contributed by atoms with Gasteiger partial charge in [-0.2, -0.15) is 0 Å². The fraction of sp³-hybridized carbons (Fsp3) is 0.133. The maximum atomic E-state index is 12.2. The Morgan fingerprint density at radius 1 is 1.19 bits per heavy atom. The average molecular weight is 285 g/mol. The van der Waals surface area contributed by atoms with Crippen molar-refractivity contribution in [2.45, 2.75) is 0 Å². The van der Waals surface area contributed by atoms with Crippen LogP contribution in [0.1, 0.15) is 20.8 Å². The predicted octanol–water partition coefficient (Wildman–Crippen LogP) is 2.10. The summed E-state index contributed by atoms with van der Waals surface area (Å²) in [6.07, 6.45) is 1.37. The standard InChI is InChI=1S/C15H15N3O3/c1-18(2)11-6-3-5-10(9-11)14(19)17-12-7-4-8-16-13(12)15(20)21/h3-9H,1-2H3,(H,17,19)(H,20,21). The van der Waals surface area contributed by atoms with E-state index < -0.39 is 5.97 Å². The largest absolute Gasteiger partial charge is 0.476 e. The van der Waals surface area contributed by atoms with E-state index in [1.54, 1.807) is 24.3 Å². The van der Waals surface area contributed by atoms with Gasteiger partial charge in [-0.1, -0.05) is 6.07 Å². The Balaban J connectivity index is 2.26. The zero-order chi connectivity index (χ0) is 15.4. The Kier molecular flexibility index (Phi) is 4.18. The molecule has 21 heavy (non-hydrogen) atoms. The number of pyridine rings is 1. The van der Waals surface area contributed by atoms with Crippen LogP contribution in [0.4, 0.5) is 11.4 Å². The second kappa shape index (κ2) is 6.04. The molecule has 0 fully saturated rings. The predicted molar refractivity (Wildman–Crippen MR) is 79.9 cm³/mol. The second-order valence-electron chi connectivity index (χ2n) is 4.60. The molecule has 2 N–H and O–H groups in total. The van der Waals surface area contributed by atoms with E-state index in [9.17, 15) is 9.59 Å². The van der Waals surface area contributed by atoms with Gasteiger partial charge in [0.05, 0.1) is 5.69 Å². The number of nitrogens with one attached hydrogen (secondary N) is 1. The third-order valence-corrected chi connectivity index (χ3v) is 2.88. The molecule has 0 aliphatic rings. The summed E-state index contributed by atoms with van der Waals surface area (Å²) in [5, 5.41) is 11.6. The lowest BCUT2D eigenvalue weighted by Gasteiger charge is -2.13. The van der Waals surface area contributed by atoms with Gasteiger partial charge >= 0.3 is 5.97 Å². The third-order valence-electron chi connectivity index (χ3n) is 2.88. The van der Waals surface area contributed by atoms with Gasteiger partial charge in [-0.05, 0) is 30.3 Å². The van der Waals surface area contributed by atoms with Crippen LogP contribution in [0.15, 0.2) is 42.6 Å². The van der Waals surface area contributed by atoms with Crippen molar-refractivity contribution in [1.82, 2.24) is 4.98 Å². The van der Waals surface area contributed by atoms with Crippen molar-refractivity contribution < 1.29 is 14.7 Å². The molecule has 0 bridgehead atoms. The number of benzene rings is 1. The van der Waals surface area contributed by atoms with E-state index in [1.807, 2.05) is 25.1 Å². The van der Waals surface area contributed by atoms with Crippen LogP contribution in [-0.2, 0) is 0 Å². The van der Waals surface area contributed by atoms with Crippen LogP contribution in [-0.4, -0.2) is 36.1 Å². The van der Waals surface area contributed by atoms with Gasteiger partial charge in [0.25, 0.3) is 5.91 Å². The molecule has 6 nitrogen and oxygen atoms in total. The molecule has 0 unspecified atom stereocenters. The first-order chi connectivity index (χ1) is 9.99. The van der Waals surface area contributed by atoms with E-state index in [0.29, 0.717) is 5.56 Å². The maximum Gasteiger partial charge on any atom is 0.356 e. The summed E-state index contributed by atoms with van der Waals surface area (Å²) in [6, 6.07) is 10.1. The number of carbonyl (C=O) groups is 2. The summed E-state index contributed by atoms with van der Waals surface area (Å²) in [6.45, 7) is 0. The van der Waals surface area contributed by atoms with Gasteiger partial charge in [-0.15, -0.1) is 0 Å². The summed E-state index contributed by atoms with van der Waals surface area (Å²) in [7, 11) is 3.75. The van der Waals surface area contributed by atoms with E-state index in [2.05, 4.69) is 10.3 Å². The number of anilines is 2. The summed E-state index contributed by atoms with van der Waals surface area (Å²) >= 11 is 0. The Morgan fingerprint density at radius 2 is 1.95 bits per heavy atom. The molecule has 1 aromatic carbocycles. The van der Waals surface area contributed by atoms with Crippen molar-refractivity contribution in [3.63, 3.8) is 0 Å². The minimum absolute atomic E-state index is 0.172. The number of nitrogens with zero attached hydrogens (tertiary/aromatic N) is 2. The van der Waals surface area contributed by atoms with Crippen LogP contribution in [0.2, 0.25) is 0 Å². The fourth-order valence-electron chi connectivity index (χ4n) is 1.80.